The number of fused-ring (bicyclic) bond motifs is 1. The number of carbonyl (C=O) groups is 2. The molecule has 0 heterocycles. The van der Waals surface area contributed by atoms with Crippen LogP contribution < -0.4 is 5.32 Å². The first-order valence-electron chi connectivity index (χ1n) is 8.62. The van der Waals surface area contributed by atoms with Gasteiger partial charge in [-0.25, -0.2) is 0 Å². The van der Waals surface area contributed by atoms with Crippen LogP contribution in [0.3, 0.4) is 0 Å². The van der Waals surface area contributed by atoms with Gasteiger partial charge in [0.25, 0.3) is 5.91 Å². The Kier molecular flexibility index (Phi) is 5.77. The van der Waals surface area contributed by atoms with Crippen molar-refractivity contribution in [2.45, 2.75) is 20.3 Å². The second-order valence-electron chi connectivity index (χ2n) is 6.51. The van der Waals surface area contributed by atoms with Crippen molar-refractivity contribution < 1.29 is 14.3 Å². The summed E-state index contributed by atoms with van der Waals surface area (Å²) in [6, 6.07) is 17.4. The third-order valence-electron chi connectivity index (χ3n) is 4.22. The van der Waals surface area contributed by atoms with Crippen LogP contribution in [0.15, 0.2) is 54.6 Å². The van der Waals surface area contributed by atoms with Crippen molar-refractivity contribution in [3.63, 3.8) is 0 Å². The van der Waals surface area contributed by atoms with Gasteiger partial charge in [0.15, 0.2) is 6.61 Å². The number of amides is 1. The Balaban J connectivity index is 1.56. The Hall–Kier alpha value is -2.85. The fourth-order valence-corrected chi connectivity index (χ4v) is 3.33. The smallest absolute Gasteiger partial charge is 0.310 e. The summed E-state index contributed by atoms with van der Waals surface area (Å²) in [7, 11) is 0. The highest BCUT2D eigenvalue weighted by Crippen LogP contribution is 2.27. The van der Waals surface area contributed by atoms with E-state index in [1.807, 2.05) is 62.4 Å². The van der Waals surface area contributed by atoms with Gasteiger partial charge >= 0.3 is 5.97 Å². The van der Waals surface area contributed by atoms with Crippen molar-refractivity contribution in [2.24, 2.45) is 0 Å². The van der Waals surface area contributed by atoms with E-state index in [2.05, 4.69) is 5.32 Å². The zero-order valence-corrected chi connectivity index (χ0v) is 16.0. The lowest BCUT2D eigenvalue weighted by Crippen LogP contribution is -2.22. The van der Waals surface area contributed by atoms with Gasteiger partial charge in [-0.15, -0.1) is 0 Å². The minimum absolute atomic E-state index is 0.114. The molecule has 3 aromatic carbocycles. The number of ether oxygens (including phenoxy) is 1. The molecule has 3 aromatic rings. The van der Waals surface area contributed by atoms with Crippen LogP contribution in [-0.2, 0) is 20.7 Å². The number of esters is 1. The third-order valence-corrected chi connectivity index (χ3v) is 4.52. The van der Waals surface area contributed by atoms with Crippen molar-refractivity contribution in [3.8, 4) is 0 Å². The SMILES string of the molecule is Cc1cc(C)c(NC(=O)COC(=O)Cc2ccc3ccccc3c2)c(Cl)c1. The molecule has 0 aliphatic heterocycles. The Labute approximate surface area is 163 Å². The monoisotopic (exact) mass is 381 g/mol. The van der Waals surface area contributed by atoms with E-state index in [4.69, 9.17) is 16.3 Å². The van der Waals surface area contributed by atoms with E-state index in [1.165, 1.54) is 0 Å². The second kappa shape index (κ2) is 8.23. The van der Waals surface area contributed by atoms with Gasteiger partial charge in [0.05, 0.1) is 17.1 Å². The minimum atomic E-state index is -0.452. The van der Waals surface area contributed by atoms with Gasteiger partial charge in [0.2, 0.25) is 0 Å². The molecule has 0 aliphatic carbocycles. The average molecular weight is 382 g/mol. The van der Waals surface area contributed by atoms with Crippen LogP contribution in [0, 0.1) is 13.8 Å². The summed E-state index contributed by atoms with van der Waals surface area (Å²) in [4.78, 5) is 24.1. The molecule has 27 heavy (non-hydrogen) atoms. The van der Waals surface area contributed by atoms with Gasteiger partial charge in [-0.3, -0.25) is 9.59 Å². The zero-order chi connectivity index (χ0) is 19.4. The minimum Gasteiger partial charge on any atom is -0.455 e. The molecule has 0 unspecified atom stereocenters. The molecule has 1 N–H and O–H groups in total. The Morgan fingerprint density at radius 3 is 2.48 bits per heavy atom. The van der Waals surface area contributed by atoms with E-state index < -0.39 is 11.9 Å². The van der Waals surface area contributed by atoms with E-state index in [0.717, 1.165) is 27.5 Å². The van der Waals surface area contributed by atoms with Crippen molar-refractivity contribution in [1.29, 1.82) is 0 Å². The number of benzene rings is 3. The number of hydrogen-bond donors (Lipinski definition) is 1. The molecule has 0 aromatic heterocycles. The Bertz CT molecular complexity index is 990. The number of hydrogen-bond acceptors (Lipinski definition) is 3. The van der Waals surface area contributed by atoms with Gasteiger partial charge < -0.3 is 10.1 Å². The Morgan fingerprint density at radius 1 is 1.00 bits per heavy atom. The molecule has 0 aliphatic rings. The van der Waals surface area contributed by atoms with Crippen molar-refractivity contribution in [3.05, 3.63) is 76.3 Å². The summed E-state index contributed by atoms with van der Waals surface area (Å²) in [5.74, 6) is -0.872. The summed E-state index contributed by atoms with van der Waals surface area (Å²) < 4.78 is 5.10. The van der Waals surface area contributed by atoms with Crippen LogP contribution in [0.1, 0.15) is 16.7 Å². The van der Waals surface area contributed by atoms with E-state index in [0.29, 0.717) is 10.7 Å². The molecule has 0 bridgehead atoms. The second-order valence-corrected chi connectivity index (χ2v) is 6.91. The predicted octanol–water partition coefficient (Wildman–Crippen LogP) is 4.83. The molecule has 0 spiro atoms. The standard InChI is InChI=1S/C22H20ClNO3/c1-14-9-15(2)22(19(23)10-14)24-20(25)13-27-21(26)12-16-7-8-17-5-3-4-6-18(17)11-16/h3-11H,12-13H2,1-2H3,(H,24,25). The van der Waals surface area contributed by atoms with E-state index in [1.54, 1.807) is 6.07 Å². The summed E-state index contributed by atoms with van der Waals surface area (Å²) >= 11 is 6.17. The number of carbonyl (C=O) groups excluding carboxylic acids is 2. The van der Waals surface area contributed by atoms with Crippen LogP contribution >= 0.6 is 11.6 Å². The highest BCUT2D eigenvalue weighted by Gasteiger charge is 2.12. The van der Waals surface area contributed by atoms with Gasteiger partial charge in [-0.1, -0.05) is 60.1 Å². The predicted molar refractivity (Wildman–Crippen MR) is 108 cm³/mol. The van der Waals surface area contributed by atoms with Crippen LogP contribution in [0.25, 0.3) is 10.8 Å². The number of aryl methyl sites for hydroxylation is 2. The van der Waals surface area contributed by atoms with E-state index >= 15 is 0 Å². The molecule has 0 fully saturated rings. The zero-order valence-electron chi connectivity index (χ0n) is 15.2. The van der Waals surface area contributed by atoms with E-state index in [-0.39, 0.29) is 13.0 Å². The highest BCUT2D eigenvalue weighted by molar-refractivity contribution is 6.34. The fourth-order valence-electron chi connectivity index (χ4n) is 2.96. The first-order valence-corrected chi connectivity index (χ1v) is 9.00. The highest BCUT2D eigenvalue weighted by atomic mass is 35.5. The summed E-state index contributed by atoms with van der Waals surface area (Å²) in [5, 5.41) is 5.33. The summed E-state index contributed by atoms with van der Waals surface area (Å²) in [5.41, 5.74) is 3.25. The first kappa shape index (κ1) is 18.9. The number of anilines is 1. The molecule has 5 heteroatoms. The number of halogens is 1. The lowest BCUT2D eigenvalue weighted by atomic mass is 10.1. The van der Waals surface area contributed by atoms with Crippen molar-refractivity contribution >= 4 is 39.9 Å². The largest absolute Gasteiger partial charge is 0.455 e. The molecule has 0 atom stereocenters. The number of nitrogens with one attached hydrogen (secondary N) is 1. The fraction of sp³-hybridized carbons (Fsp3) is 0.182. The molecule has 138 valence electrons. The maximum atomic E-state index is 12.1. The van der Waals surface area contributed by atoms with Crippen LogP contribution in [0.2, 0.25) is 5.02 Å². The normalized spacial score (nSPS) is 10.6. The van der Waals surface area contributed by atoms with Crippen LogP contribution in [0.5, 0.6) is 0 Å². The Morgan fingerprint density at radius 2 is 1.74 bits per heavy atom. The van der Waals surface area contributed by atoms with Crippen LogP contribution in [-0.4, -0.2) is 18.5 Å². The summed E-state index contributed by atoms with van der Waals surface area (Å²) in [6.45, 7) is 3.44. The molecule has 1 amide bonds. The average Bonchev–Trinajstić information content (AvgIpc) is 2.63. The molecule has 3 rings (SSSR count). The van der Waals surface area contributed by atoms with Gasteiger partial charge in [0.1, 0.15) is 0 Å². The molecule has 0 saturated carbocycles. The maximum absolute atomic E-state index is 12.1. The first-order chi connectivity index (χ1) is 12.9. The van der Waals surface area contributed by atoms with Crippen LogP contribution in [0.4, 0.5) is 5.69 Å². The van der Waals surface area contributed by atoms with Crippen molar-refractivity contribution in [1.82, 2.24) is 0 Å². The lowest BCUT2D eigenvalue weighted by molar-refractivity contribution is -0.146. The molecular weight excluding hydrogens is 362 g/mol. The molecular formula is C22H20ClNO3. The van der Waals surface area contributed by atoms with E-state index in [9.17, 15) is 9.59 Å². The van der Waals surface area contributed by atoms with Gasteiger partial charge in [-0.05, 0) is 47.4 Å². The van der Waals surface area contributed by atoms with Gasteiger partial charge in [-0.2, -0.15) is 0 Å². The molecule has 0 saturated heterocycles. The quantitative estimate of drug-likeness (QED) is 0.644. The third kappa shape index (κ3) is 4.86. The van der Waals surface area contributed by atoms with Crippen molar-refractivity contribution in [2.75, 3.05) is 11.9 Å². The molecule has 0 radical (unpaired) electrons. The maximum Gasteiger partial charge on any atom is 0.310 e. The lowest BCUT2D eigenvalue weighted by Gasteiger charge is -2.12. The number of rotatable bonds is 5. The van der Waals surface area contributed by atoms with Gasteiger partial charge in [0, 0.05) is 0 Å². The molecule has 4 nitrogen and oxygen atoms in total. The topological polar surface area (TPSA) is 55.4 Å². The summed E-state index contributed by atoms with van der Waals surface area (Å²) in [6.07, 6.45) is 0.114.